The lowest BCUT2D eigenvalue weighted by atomic mass is 10.1. The van der Waals surface area contributed by atoms with Crippen LogP contribution in [-0.2, 0) is 6.54 Å². The predicted molar refractivity (Wildman–Crippen MR) is 108 cm³/mol. The summed E-state index contributed by atoms with van der Waals surface area (Å²) in [5.41, 5.74) is 3.24. The van der Waals surface area contributed by atoms with Crippen molar-refractivity contribution in [3.8, 4) is 11.3 Å². The van der Waals surface area contributed by atoms with Crippen LogP contribution in [0.5, 0.6) is 0 Å². The van der Waals surface area contributed by atoms with Crippen molar-refractivity contribution in [2.75, 3.05) is 31.1 Å². The zero-order valence-electron chi connectivity index (χ0n) is 16.7. The largest absolute Gasteiger partial charge is 0.353 e. The number of aromatic nitrogens is 4. The fourth-order valence-corrected chi connectivity index (χ4v) is 3.27. The van der Waals surface area contributed by atoms with Crippen LogP contribution < -0.4 is 4.90 Å². The summed E-state index contributed by atoms with van der Waals surface area (Å²) >= 11 is 0. The summed E-state index contributed by atoms with van der Waals surface area (Å²) in [6.45, 7) is 10.6. The zero-order chi connectivity index (χ0) is 19.5. The van der Waals surface area contributed by atoms with E-state index in [0.29, 0.717) is 12.4 Å². The van der Waals surface area contributed by atoms with E-state index < -0.39 is 0 Å². The molecule has 0 radical (unpaired) electrons. The highest BCUT2D eigenvalue weighted by Gasteiger charge is 2.21. The van der Waals surface area contributed by atoms with Gasteiger partial charge in [-0.3, -0.25) is 4.90 Å². The number of piperazine rings is 1. The van der Waals surface area contributed by atoms with Crippen LogP contribution in [0.3, 0.4) is 0 Å². The Labute approximate surface area is 165 Å². The summed E-state index contributed by atoms with van der Waals surface area (Å²) in [6.07, 6.45) is 0. The lowest BCUT2D eigenvalue weighted by molar-refractivity contribution is 0.215. The second-order valence-electron chi connectivity index (χ2n) is 7.61. The van der Waals surface area contributed by atoms with Crippen LogP contribution in [0.25, 0.3) is 11.3 Å². The van der Waals surface area contributed by atoms with Crippen molar-refractivity contribution >= 4 is 5.82 Å². The van der Waals surface area contributed by atoms with Gasteiger partial charge in [-0.05, 0) is 19.1 Å². The van der Waals surface area contributed by atoms with Gasteiger partial charge in [0.1, 0.15) is 0 Å². The Hall–Kier alpha value is -2.80. The van der Waals surface area contributed by atoms with Crippen LogP contribution in [0, 0.1) is 6.92 Å². The maximum absolute atomic E-state index is 5.36. The predicted octanol–water partition coefficient (Wildman–Crippen LogP) is 3.28. The molecule has 1 saturated heterocycles. The molecule has 7 heteroatoms. The van der Waals surface area contributed by atoms with Crippen molar-refractivity contribution in [2.24, 2.45) is 0 Å². The molecule has 3 aromatic rings. The Kier molecular flexibility index (Phi) is 5.34. The molecule has 0 saturated carbocycles. The number of anilines is 1. The Morgan fingerprint density at radius 2 is 1.71 bits per heavy atom. The summed E-state index contributed by atoms with van der Waals surface area (Å²) < 4.78 is 5.36. The molecule has 1 aromatic carbocycles. The molecule has 0 spiro atoms. The van der Waals surface area contributed by atoms with Crippen molar-refractivity contribution in [3.63, 3.8) is 0 Å². The van der Waals surface area contributed by atoms with Crippen molar-refractivity contribution < 1.29 is 4.52 Å². The summed E-state index contributed by atoms with van der Waals surface area (Å²) in [5.74, 6) is 2.68. The molecule has 4 rings (SSSR count). The summed E-state index contributed by atoms with van der Waals surface area (Å²) in [6, 6.07) is 12.5. The molecule has 1 aliphatic heterocycles. The van der Waals surface area contributed by atoms with Gasteiger partial charge in [0.25, 0.3) is 0 Å². The van der Waals surface area contributed by atoms with Crippen LogP contribution in [0.4, 0.5) is 5.82 Å². The van der Waals surface area contributed by atoms with Gasteiger partial charge in [-0.25, -0.2) is 0 Å². The van der Waals surface area contributed by atoms with E-state index in [4.69, 9.17) is 4.52 Å². The quantitative estimate of drug-likeness (QED) is 0.675. The van der Waals surface area contributed by atoms with E-state index in [1.807, 2.05) is 6.07 Å². The van der Waals surface area contributed by atoms with Crippen LogP contribution in [0.1, 0.15) is 37.0 Å². The standard InChI is InChI=1S/C21H26N6O/c1-15(2)21-22-20(28-25-21)14-26-10-12-27(13-11-26)19-9-8-18(23-24-19)17-6-4-16(3)5-7-17/h4-9,15H,10-14H2,1-3H3. The highest BCUT2D eigenvalue weighted by atomic mass is 16.5. The topological polar surface area (TPSA) is 71.2 Å². The fraction of sp³-hybridized carbons (Fsp3) is 0.429. The van der Waals surface area contributed by atoms with Gasteiger partial charge < -0.3 is 9.42 Å². The molecule has 0 atom stereocenters. The molecule has 0 bridgehead atoms. The second-order valence-corrected chi connectivity index (χ2v) is 7.61. The van der Waals surface area contributed by atoms with Gasteiger partial charge in [-0.2, -0.15) is 4.98 Å². The van der Waals surface area contributed by atoms with E-state index in [-0.39, 0.29) is 5.92 Å². The van der Waals surface area contributed by atoms with Crippen molar-refractivity contribution in [1.82, 2.24) is 25.2 Å². The molecule has 2 aromatic heterocycles. The fourth-order valence-electron chi connectivity index (χ4n) is 3.27. The van der Waals surface area contributed by atoms with Gasteiger partial charge in [-0.15, -0.1) is 10.2 Å². The Bertz CT molecular complexity index is 895. The third kappa shape index (κ3) is 4.20. The number of hydrogen-bond donors (Lipinski definition) is 0. The van der Waals surface area contributed by atoms with Crippen LogP contribution in [0.2, 0.25) is 0 Å². The Morgan fingerprint density at radius 3 is 2.32 bits per heavy atom. The Balaban J connectivity index is 1.33. The molecule has 0 unspecified atom stereocenters. The lowest BCUT2D eigenvalue weighted by Crippen LogP contribution is -2.46. The highest BCUT2D eigenvalue weighted by molar-refractivity contribution is 5.60. The van der Waals surface area contributed by atoms with E-state index in [0.717, 1.165) is 49.1 Å². The summed E-state index contributed by atoms with van der Waals surface area (Å²) in [4.78, 5) is 9.08. The maximum atomic E-state index is 5.36. The number of rotatable bonds is 5. The zero-order valence-corrected chi connectivity index (χ0v) is 16.7. The van der Waals surface area contributed by atoms with Crippen LogP contribution in [0.15, 0.2) is 40.9 Å². The van der Waals surface area contributed by atoms with E-state index in [9.17, 15) is 0 Å². The van der Waals surface area contributed by atoms with Gasteiger partial charge in [0.05, 0.1) is 12.2 Å². The minimum atomic E-state index is 0.288. The van der Waals surface area contributed by atoms with Gasteiger partial charge >= 0.3 is 0 Å². The van der Waals surface area contributed by atoms with E-state index >= 15 is 0 Å². The van der Waals surface area contributed by atoms with E-state index in [1.54, 1.807) is 0 Å². The molecule has 0 aliphatic carbocycles. The molecular weight excluding hydrogens is 352 g/mol. The molecular formula is C21H26N6O. The molecule has 28 heavy (non-hydrogen) atoms. The first kappa shape index (κ1) is 18.6. The summed E-state index contributed by atoms with van der Waals surface area (Å²) in [5, 5.41) is 12.9. The second kappa shape index (κ2) is 8.06. The van der Waals surface area contributed by atoms with Gasteiger partial charge in [0, 0.05) is 37.7 Å². The minimum absolute atomic E-state index is 0.288. The molecule has 1 fully saturated rings. The normalized spacial score (nSPS) is 15.4. The number of aryl methyl sites for hydroxylation is 1. The average molecular weight is 378 g/mol. The Morgan fingerprint density at radius 1 is 0.964 bits per heavy atom. The van der Waals surface area contributed by atoms with Gasteiger partial charge in [0.15, 0.2) is 11.6 Å². The van der Waals surface area contributed by atoms with Gasteiger partial charge in [0.2, 0.25) is 5.89 Å². The lowest BCUT2D eigenvalue weighted by Gasteiger charge is -2.34. The number of hydrogen-bond acceptors (Lipinski definition) is 7. The molecule has 7 nitrogen and oxygen atoms in total. The first-order valence-corrected chi connectivity index (χ1v) is 9.79. The van der Waals surface area contributed by atoms with Crippen LogP contribution >= 0.6 is 0 Å². The average Bonchev–Trinajstić information content (AvgIpc) is 3.18. The van der Waals surface area contributed by atoms with Crippen LogP contribution in [-0.4, -0.2) is 51.4 Å². The van der Waals surface area contributed by atoms with Crippen molar-refractivity contribution in [3.05, 3.63) is 53.7 Å². The number of benzene rings is 1. The SMILES string of the molecule is Cc1ccc(-c2ccc(N3CCN(Cc4nc(C(C)C)no4)CC3)nn2)cc1. The third-order valence-electron chi connectivity index (χ3n) is 5.05. The third-order valence-corrected chi connectivity index (χ3v) is 5.05. The molecule has 0 N–H and O–H groups in total. The van der Waals surface area contributed by atoms with Gasteiger partial charge in [-0.1, -0.05) is 48.8 Å². The van der Waals surface area contributed by atoms with E-state index in [1.165, 1.54) is 5.56 Å². The van der Waals surface area contributed by atoms with E-state index in [2.05, 4.69) is 81.2 Å². The molecule has 1 aliphatic rings. The first-order valence-electron chi connectivity index (χ1n) is 9.79. The monoisotopic (exact) mass is 378 g/mol. The molecule has 3 heterocycles. The smallest absolute Gasteiger partial charge is 0.240 e. The summed E-state index contributed by atoms with van der Waals surface area (Å²) in [7, 11) is 0. The number of nitrogens with zero attached hydrogens (tertiary/aromatic N) is 6. The van der Waals surface area contributed by atoms with Crippen molar-refractivity contribution in [2.45, 2.75) is 33.2 Å². The minimum Gasteiger partial charge on any atom is -0.353 e. The maximum Gasteiger partial charge on any atom is 0.240 e. The molecule has 0 amide bonds. The van der Waals surface area contributed by atoms with Crippen molar-refractivity contribution in [1.29, 1.82) is 0 Å². The highest BCUT2D eigenvalue weighted by Crippen LogP contribution is 2.20. The molecule has 146 valence electrons. The first-order chi connectivity index (χ1) is 13.6.